The number of hydrogen-bond donors (Lipinski definition) is 0. The molecule has 2 nitrogen and oxygen atoms in total. The first kappa shape index (κ1) is 12.2. The summed E-state index contributed by atoms with van der Waals surface area (Å²) in [5.74, 6) is 1.63. The first-order valence-electron chi connectivity index (χ1n) is 6.45. The van der Waals surface area contributed by atoms with E-state index in [0.717, 1.165) is 24.4 Å². The average molecular weight is 232 g/mol. The molecule has 0 amide bonds. The third-order valence-corrected chi connectivity index (χ3v) is 3.66. The van der Waals surface area contributed by atoms with Gasteiger partial charge in [-0.05, 0) is 42.4 Å². The van der Waals surface area contributed by atoms with Gasteiger partial charge < -0.3 is 9.53 Å². The van der Waals surface area contributed by atoms with E-state index >= 15 is 0 Å². The fourth-order valence-electron chi connectivity index (χ4n) is 2.72. The Morgan fingerprint density at radius 2 is 2.12 bits per heavy atom. The molecule has 1 fully saturated rings. The molecule has 0 spiro atoms. The molecule has 2 heteroatoms. The van der Waals surface area contributed by atoms with Crippen LogP contribution in [0.4, 0.5) is 0 Å². The molecule has 1 aliphatic rings. The fourth-order valence-corrected chi connectivity index (χ4v) is 2.72. The molecule has 0 radical (unpaired) electrons. The summed E-state index contributed by atoms with van der Waals surface area (Å²) in [6.07, 6.45) is 7.64. The van der Waals surface area contributed by atoms with Gasteiger partial charge in [0.2, 0.25) is 0 Å². The highest BCUT2D eigenvalue weighted by molar-refractivity contribution is 5.51. The molecule has 1 aromatic carbocycles. The molecule has 0 aromatic heterocycles. The molecule has 92 valence electrons. The number of hydrogen-bond acceptors (Lipinski definition) is 2. The van der Waals surface area contributed by atoms with Gasteiger partial charge in [0.15, 0.2) is 0 Å². The fraction of sp³-hybridized carbons (Fsp3) is 0.533. The second-order valence-electron chi connectivity index (χ2n) is 4.76. The number of benzene rings is 1. The van der Waals surface area contributed by atoms with E-state index in [1.807, 2.05) is 6.07 Å². The Morgan fingerprint density at radius 3 is 2.76 bits per heavy atom. The van der Waals surface area contributed by atoms with Crippen molar-refractivity contribution in [3.63, 3.8) is 0 Å². The molecule has 0 aliphatic heterocycles. The summed E-state index contributed by atoms with van der Waals surface area (Å²) >= 11 is 0. The van der Waals surface area contributed by atoms with E-state index in [1.54, 1.807) is 7.11 Å². The number of ether oxygens (including phenoxy) is 1. The van der Waals surface area contributed by atoms with Gasteiger partial charge in [0, 0.05) is 6.42 Å². The van der Waals surface area contributed by atoms with Crippen molar-refractivity contribution in [3.05, 3.63) is 29.3 Å². The highest BCUT2D eigenvalue weighted by Gasteiger charge is 2.18. The van der Waals surface area contributed by atoms with Crippen molar-refractivity contribution < 1.29 is 9.53 Å². The lowest BCUT2D eigenvalue weighted by Gasteiger charge is -2.14. The van der Waals surface area contributed by atoms with Crippen molar-refractivity contribution in [2.75, 3.05) is 7.11 Å². The van der Waals surface area contributed by atoms with Crippen LogP contribution in [0.3, 0.4) is 0 Å². The number of carbonyl (C=O) groups is 1. The van der Waals surface area contributed by atoms with Crippen LogP contribution in [0, 0.1) is 0 Å². The summed E-state index contributed by atoms with van der Waals surface area (Å²) in [6, 6.07) is 6.46. The molecule has 0 heterocycles. The summed E-state index contributed by atoms with van der Waals surface area (Å²) in [7, 11) is 1.69. The molecule has 1 aliphatic carbocycles. The van der Waals surface area contributed by atoms with Crippen LogP contribution in [0.5, 0.6) is 5.75 Å². The summed E-state index contributed by atoms with van der Waals surface area (Å²) in [4.78, 5) is 10.5. The van der Waals surface area contributed by atoms with E-state index in [-0.39, 0.29) is 0 Å². The topological polar surface area (TPSA) is 26.3 Å². The van der Waals surface area contributed by atoms with Gasteiger partial charge in [-0.3, -0.25) is 0 Å². The molecular weight excluding hydrogens is 212 g/mol. The first-order valence-corrected chi connectivity index (χ1v) is 6.45. The van der Waals surface area contributed by atoms with Gasteiger partial charge in [0.05, 0.1) is 7.11 Å². The molecule has 1 saturated carbocycles. The van der Waals surface area contributed by atoms with Crippen molar-refractivity contribution in [1.29, 1.82) is 0 Å². The predicted molar refractivity (Wildman–Crippen MR) is 68.6 cm³/mol. The zero-order valence-corrected chi connectivity index (χ0v) is 10.4. The lowest BCUT2D eigenvalue weighted by atomic mass is 9.94. The van der Waals surface area contributed by atoms with Crippen LogP contribution in [0.15, 0.2) is 18.2 Å². The van der Waals surface area contributed by atoms with Gasteiger partial charge in [0.1, 0.15) is 12.0 Å². The van der Waals surface area contributed by atoms with E-state index in [4.69, 9.17) is 4.74 Å². The molecule has 17 heavy (non-hydrogen) atoms. The zero-order chi connectivity index (χ0) is 12.1. The van der Waals surface area contributed by atoms with Crippen LogP contribution in [0.1, 0.15) is 49.1 Å². The maximum absolute atomic E-state index is 10.5. The standard InChI is InChI=1S/C15H20O2/c1-17-15-9-8-13(12-5-2-3-6-12)11-14(15)7-4-10-16/h8-12H,2-7H2,1H3. The zero-order valence-electron chi connectivity index (χ0n) is 10.4. The molecule has 0 N–H and O–H groups in total. The van der Waals surface area contributed by atoms with E-state index in [9.17, 15) is 4.79 Å². The van der Waals surface area contributed by atoms with Crippen molar-refractivity contribution in [1.82, 2.24) is 0 Å². The van der Waals surface area contributed by atoms with E-state index < -0.39 is 0 Å². The Labute approximate surface area is 103 Å². The summed E-state index contributed by atoms with van der Waals surface area (Å²) < 4.78 is 5.34. The monoisotopic (exact) mass is 232 g/mol. The van der Waals surface area contributed by atoms with E-state index in [0.29, 0.717) is 6.42 Å². The Kier molecular flexibility index (Phi) is 4.18. The summed E-state index contributed by atoms with van der Waals surface area (Å²) in [5.41, 5.74) is 2.59. The van der Waals surface area contributed by atoms with Gasteiger partial charge in [0.25, 0.3) is 0 Å². The highest BCUT2D eigenvalue weighted by atomic mass is 16.5. The Hall–Kier alpha value is -1.31. The smallest absolute Gasteiger partial charge is 0.122 e. The van der Waals surface area contributed by atoms with Crippen LogP contribution in [0.25, 0.3) is 0 Å². The van der Waals surface area contributed by atoms with Gasteiger partial charge in [-0.15, -0.1) is 0 Å². The largest absolute Gasteiger partial charge is 0.496 e. The average Bonchev–Trinajstić information content (AvgIpc) is 2.89. The van der Waals surface area contributed by atoms with Crippen LogP contribution < -0.4 is 4.74 Å². The van der Waals surface area contributed by atoms with Crippen LogP contribution in [-0.2, 0) is 11.2 Å². The molecule has 0 bridgehead atoms. The molecule has 1 aromatic rings. The lowest BCUT2D eigenvalue weighted by Crippen LogP contribution is -1.98. The maximum atomic E-state index is 10.5. The second kappa shape index (κ2) is 5.85. The van der Waals surface area contributed by atoms with Gasteiger partial charge >= 0.3 is 0 Å². The van der Waals surface area contributed by atoms with Crippen molar-refractivity contribution in [2.24, 2.45) is 0 Å². The van der Waals surface area contributed by atoms with Crippen LogP contribution >= 0.6 is 0 Å². The van der Waals surface area contributed by atoms with Crippen molar-refractivity contribution >= 4 is 6.29 Å². The molecule has 2 rings (SSSR count). The van der Waals surface area contributed by atoms with Crippen molar-refractivity contribution in [2.45, 2.75) is 44.4 Å². The number of aryl methyl sites for hydroxylation is 1. The second-order valence-corrected chi connectivity index (χ2v) is 4.76. The summed E-state index contributed by atoms with van der Waals surface area (Å²) in [6.45, 7) is 0. The predicted octanol–water partition coefficient (Wildman–Crippen LogP) is 3.48. The number of carbonyl (C=O) groups excluding carboxylic acids is 1. The first-order chi connectivity index (χ1) is 8.35. The maximum Gasteiger partial charge on any atom is 0.122 e. The highest BCUT2D eigenvalue weighted by Crippen LogP contribution is 2.36. The normalized spacial score (nSPS) is 16.1. The van der Waals surface area contributed by atoms with Gasteiger partial charge in [-0.2, -0.15) is 0 Å². The van der Waals surface area contributed by atoms with E-state index in [2.05, 4.69) is 12.1 Å². The lowest BCUT2D eigenvalue weighted by molar-refractivity contribution is -0.107. The third kappa shape index (κ3) is 2.87. The number of methoxy groups -OCH3 is 1. The van der Waals surface area contributed by atoms with Gasteiger partial charge in [-0.1, -0.05) is 25.0 Å². The Balaban J connectivity index is 2.20. The van der Waals surface area contributed by atoms with Crippen LogP contribution in [0.2, 0.25) is 0 Å². The molecule has 0 unspecified atom stereocenters. The minimum absolute atomic E-state index is 0.574. The number of rotatable bonds is 5. The minimum Gasteiger partial charge on any atom is -0.496 e. The third-order valence-electron chi connectivity index (χ3n) is 3.66. The SMILES string of the molecule is COc1ccc(C2CCCC2)cc1CCC=O. The quantitative estimate of drug-likeness (QED) is 0.726. The number of aldehydes is 1. The summed E-state index contributed by atoms with van der Waals surface area (Å²) in [5, 5.41) is 0. The Morgan fingerprint density at radius 1 is 1.35 bits per heavy atom. The molecule has 0 saturated heterocycles. The van der Waals surface area contributed by atoms with Crippen molar-refractivity contribution in [3.8, 4) is 5.75 Å². The van der Waals surface area contributed by atoms with Gasteiger partial charge in [-0.25, -0.2) is 0 Å². The van der Waals surface area contributed by atoms with E-state index in [1.165, 1.54) is 36.8 Å². The van der Waals surface area contributed by atoms with Crippen LogP contribution in [-0.4, -0.2) is 13.4 Å². The molecule has 0 atom stereocenters. The Bertz CT molecular complexity index is 379. The minimum atomic E-state index is 0.574. The molecular formula is C15H20O2.